The summed E-state index contributed by atoms with van der Waals surface area (Å²) in [6.45, 7) is 5.66. The molecule has 0 aliphatic rings. The molecule has 1 aromatic heterocycles. The van der Waals surface area contributed by atoms with E-state index in [0.717, 1.165) is 28.3 Å². The van der Waals surface area contributed by atoms with Crippen molar-refractivity contribution in [1.82, 2.24) is 9.55 Å². The lowest BCUT2D eigenvalue weighted by Gasteiger charge is -2.18. The van der Waals surface area contributed by atoms with Gasteiger partial charge in [0.1, 0.15) is 22.8 Å². The molecule has 34 heavy (non-hydrogen) atoms. The SMILES string of the molecule is COc1cc(C)c(-c2nc3ccc(F)c(F)c3n2Cc2c(C)cccc2C)c(OCC(N)=O)c1. The molecule has 0 atom stereocenters. The molecule has 0 radical (unpaired) electrons. The van der Waals surface area contributed by atoms with E-state index in [1.807, 2.05) is 39.0 Å². The molecule has 0 unspecified atom stereocenters. The first-order valence-corrected chi connectivity index (χ1v) is 10.7. The Hall–Kier alpha value is -3.94. The Balaban J connectivity index is 2.03. The number of amides is 1. The Bertz CT molecular complexity index is 1390. The number of rotatable bonds is 7. The quantitative estimate of drug-likeness (QED) is 0.424. The monoisotopic (exact) mass is 465 g/mol. The maximum atomic E-state index is 15.1. The molecule has 4 rings (SSSR count). The van der Waals surface area contributed by atoms with Crippen molar-refractivity contribution in [3.8, 4) is 22.9 Å². The van der Waals surface area contributed by atoms with Crippen LogP contribution in [-0.2, 0) is 11.3 Å². The lowest BCUT2D eigenvalue weighted by molar-refractivity contribution is -0.119. The highest BCUT2D eigenvalue weighted by Crippen LogP contribution is 2.39. The molecule has 1 heterocycles. The number of aryl methyl sites for hydroxylation is 3. The predicted molar refractivity (Wildman–Crippen MR) is 126 cm³/mol. The maximum Gasteiger partial charge on any atom is 0.255 e. The predicted octanol–water partition coefficient (Wildman–Crippen LogP) is 4.83. The van der Waals surface area contributed by atoms with E-state index in [1.165, 1.54) is 13.2 Å². The van der Waals surface area contributed by atoms with Crippen LogP contribution in [0.5, 0.6) is 11.5 Å². The zero-order valence-electron chi connectivity index (χ0n) is 19.4. The highest BCUT2D eigenvalue weighted by atomic mass is 19.2. The zero-order chi connectivity index (χ0) is 24.6. The number of hydrogen-bond donors (Lipinski definition) is 1. The molecule has 0 bridgehead atoms. The fourth-order valence-electron chi connectivity index (χ4n) is 4.15. The third-order valence-corrected chi connectivity index (χ3v) is 5.86. The van der Waals surface area contributed by atoms with Gasteiger partial charge in [-0.15, -0.1) is 0 Å². The average Bonchev–Trinajstić information content (AvgIpc) is 3.15. The molecular formula is C26H25F2N3O3. The minimum atomic E-state index is -0.978. The first-order valence-electron chi connectivity index (χ1n) is 10.7. The number of nitrogens with two attached hydrogens (primary N) is 1. The second-order valence-corrected chi connectivity index (χ2v) is 8.19. The van der Waals surface area contributed by atoms with E-state index in [-0.39, 0.29) is 18.7 Å². The molecule has 0 spiro atoms. The fourth-order valence-corrected chi connectivity index (χ4v) is 4.15. The van der Waals surface area contributed by atoms with Gasteiger partial charge in [0.05, 0.1) is 24.7 Å². The first-order chi connectivity index (χ1) is 16.2. The minimum Gasteiger partial charge on any atom is -0.497 e. The van der Waals surface area contributed by atoms with E-state index in [0.29, 0.717) is 28.4 Å². The molecule has 4 aromatic rings. The van der Waals surface area contributed by atoms with Crippen LogP contribution in [-0.4, -0.2) is 29.2 Å². The van der Waals surface area contributed by atoms with Gasteiger partial charge in [-0.25, -0.2) is 13.8 Å². The average molecular weight is 466 g/mol. The number of hydrogen-bond acceptors (Lipinski definition) is 4. The third kappa shape index (κ3) is 4.19. The summed E-state index contributed by atoms with van der Waals surface area (Å²) in [7, 11) is 1.51. The van der Waals surface area contributed by atoms with E-state index in [2.05, 4.69) is 4.98 Å². The van der Waals surface area contributed by atoms with Crippen LogP contribution in [0.4, 0.5) is 8.78 Å². The standard InChI is InChI=1S/C26H25F2N3O3/c1-14-6-5-7-15(2)18(14)12-31-25-20(9-8-19(27)24(25)28)30-26(31)23-16(3)10-17(33-4)11-21(23)34-13-22(29)32/h5-11H,12-13H2,1-4H3,(H2,29,32). The number of carbonyl (C=O) groups is 1. The fraction of sp³-hybridized carbons (Fsp3) is 0.231. The highest BCUT2D eigenvalue weighted by molar-refractivity contribution is 5.84. The third-order valence-electron chi connectivity index (χ3n) is 5.86. The van der Waals surface area contributed by atoms with Crippen LogP contribution in [0.2, 0.25) is 0 Å². The van der Waals surface area contributed by atoms with Crippen molar-refractivity contribution in [2.75, 3.05) is 13.7 Å². The largest absolute Gasteiger partial charge is 0.497 e. The highest BCUT2D eigenvalue weighted by Gasteiger charge is 2.24. The lowest BCUT2D eigenvalue weighted by Crippen LogP contribution is -2.20. The summed E-state index contributed by atoms with van der Waals surface area (Å²) in [5.74, 6) is -1.40. The van der Waals surface area contributed by atoms with Crippen molar-refractivity contribution >= 4 is 16.9 Å². The number of benzene rings is 3. The van der Waals surface area contributed by atoms with Gasteiger partial charge in [0, 0.05) is 6.07 Å². The van der Waals surface area contributed by atoms with Gasteiger partial charge in [-0.3, -0.25) is 4.79 Å². The number of carbonyl (C=O) groups excluding carboxylic acids is 1. The van der Waals surface area contributed by atoms with Gasteiger partial charge < -0.3 is 19.8 Å². The van der Waals surface area contributed by atoms with E-state index in [9.17, 15) is 9.18 Å². The van der Waals surface area contributed by atoms with Gasteiger partial charge in [-0.2, -0.15) is 0 Å². The van der Waals surface area contributed by atoms with Crippen molar-refractivity contribution in [1.29, 1.82) is 0 Å². The Morgan fingerprint density at radius 2 is 1.76 bits per heavy atom. The van der Waals surface area contributed by atoms with Crippen molar-refractivity contribution < 1.29 is 23.0 Å². The van der Waals surface area contributed by atoms with E-state index < -0.39 is 17.5 Å². The lowest BCUT2D eigenvalue weighted by atomic mass is 10.0. The van der Waals surface area contributed by atoms with Crippen LogP contribution < -0.4 is 15.2 Å². The van der Waals surface area contributed by atoms with Crippen LogP contribution in [0.1, 0.15) is 22.3 Å². The maximum absolute atomic E-state index is 15.1. The molecule has 0 saturated heterocycles. The summed E-state index contributed by atoms with van der Waals surface area (Å²) in [4.78, 5) is 16.1. The molecule has 2 N–H and O–H groups in total. The summed E-state index contributed by atoms with van der Waals surface area (Å²) in [5.41, 5.74) is 9.90. The first kappa shape index (κ1) is 23.2. The number of fused-ring (bicyclic) bond motifs is 1. The number of methoxy groups -OCH3 is 1. The normalized spacial score (nSPS) is 11.1. The number of aromatic nitrogens is 2. The van der Waals surface area contributed by atoms with Crippen LogP contribution in [0, 0.1) is 32.4 Å². The van der Waals surface area contributed by atoms with E-state index in [1.54, 1.807) is 16.7 Å². The van der Waals surface area contributed by atoms with Gasteiger partial charge in [-0.1, -0.05) is 18.2 Å². The van der Waals surface area contributed by atoms with Gasteiger partial charge in [0.25, 0.3) is 5.91 Å². The van der Waals surface area contributed by atoms with Crippen molar-refractivity contribution in [2.24, 2.45) is 5.73 Å². The van der Waals surface area contributed by atoms with Crippen molar-refractivity contribution in [3.63, 3.8) is 0 Å². The molecule has 0 aliphatic carbocycles. The molecule has 3 aromatic carbocycles. The number of nitrogens with zero attached hydrogens (tertiary/aromatic N) is 2. The summed E-state index contributed by atoms with van der Waals surface area (Å²) in [6, 6.07) is 11.8. The molecule has 1 amide bonds. The molecule has 0 saturated carbocycles. The van der Waals surface area contributed by atoms with Crippen molar-refractivity contribution in [2.45, 2.75) is 27.3 Å². The van der Waals surface area contributed by atoms with Gasteiger partial charge in [0.2, 0.25) is 0 Å². The molecule has 0 fully saturated rings. The summed E-state index contributed by atoms with van der Waals surface area (Å²) < 4.78 is 42.1. The molecular weight excluding hydrogens is 440 g/mol. The minimum absolute atomic E-state index is 0.0497. The molecule has 6 nitrogen and oxygen atoms in total. The molecule has 0 aliphatic heterocycles. The number of imidazole rings is 1. The van der Waals surface area contributed by atoms with Crippen LogP contribution in [0.15, 0.2) is 42.5 Å². The van der Waals surface area contributed by atoms with E-state index in [4.69, 9.17) is 15.2 Å². The van der Waals surface area contributed by atoms with Gasteiger partial charge >= 0.3 is 0 Å². The van der Waals surface area contributed by atoms with E-state index >= 15 is 4.39 Å². The van der Waals surface area contributed by atoms with Gasteiger partial charge in [0.15, 0.2) is 18.2 Å². The Morgan fingerprint density at radius 1 is 1.06 bits per heavy atom. The van der Waals surface area contributed by atoms with Crippen LogP contribution in [0.3, 0.4) is 0 Å². The Kier molecular flexibility index (Phi) is 6.24. The number of halogens is 2. The van der Waals surface area contributed by atoms with Gasteiger partial charge in [-0.05, 0) is 61.2 Å². The van der Waals surface area contributed by atoms with Crippen LogP contribution in [0.25, 0.3) is 22.4 Å². The number of ether oxygens (including phenoxy) is 2. The Morgan fingerprint density at radius 3 is 2.41 bits per heavy atom. The second-order valence-electron chi connectivity index (χ2n) is 8.19. The number of primary amides is 1. The topological polar surface area (TPSA) is 79.4 Å². The smallest absolute Gasteiger partial charge is 0.255 e. The summed E-state index contributed by atoms with van der Waals surface area (Å²) >= 11 is 0. The van der Waals surface area contributed by atoms with Crippen LogP contribution >= 0.6 is 0 Å². The summed E-state index contributed by atoms with van der Waals surface area (Å²) in [6.07, 6.45) is 0. The molecule has 176 valence electrons. The van der Waals surface area contributed by atoms with Crippen molar-refractivity contribution in [3.05, 3.63) is 76.4 Å². The summed E-state index contributed by atoms with van der Waals surface area (Å²) in [5, 5.41) is 0. The zero-order valence-corrected chi connectivity index (χ0v) is 19.4. The Labute approximate surface area is 195 Å². The second kappa shape index (κ2) is 9.13. The molecule has 8 heteroatoms.